The highest BCUT2D eigenvalue weighted by atomic mass is 35.5. The van der Waals surface area contributed by atoms with Crippen molar-refractivity contribution in [2.75, 3.05) is 0 Å². The number of nitrogens with one attached hydrogen (secondary N) is 1. The van der Waals surface area contributed by atoms with Crippen LogP contribution in [0.3, 0.4) is 0 Å². The van der Waals surface area contributed by atoms with Crippen molar-refractivity contribution in [1.82, 2.24) is 19.9 Å². The van der Waals surface area contributed by atoms with Gasteiger partial charge in [-0.3, -0.25) is 9.78 Å². The minimum atomic E-state index is -0.291. The van der Waals surface area contributed by atoms with Gasteiger partial charge < -0.3 is 9.88 Å². The fourth-order valence-electron chi connectivity index (χ4n) is 1.39. The molecule has 0 bridgehead atoms. The van der Waals surface area contributed by atoms with E-state index in [1.807, 2.05) is 29.9 Å². The quantitative estimate of drug-likeness (QED) is 0.896. The number of carbonyl (C=O) groups is 1. The van der Waals surface area contributed by atoms with Crippen LogP contribution in [0.15, 0.2) is 30.7 Å². The van der Waals surface area contributed by atoms with E-state index in [9.17, 15) is 4.79 Å². The Kier molecular flexibility index (Phi) is 3.39. The van der Waals surface area contributed by atoms with Crippen molar-refractivity contribution in [2.45, 2.75) is 6.54 Å². The third kappa shape index (κ3) is 2.82. The second kappa shape index (κ2) is 4.97. The Morgan fingerprint density at radius 2 is 2.35 bits per heavy atom. The Morgan fingerprint density at radius 1 is 1.53 bits per heavy atom. The van der Waals surface area contributed by atoms with E-state index in [1.165, 1.54) is 12.4 Å². The van der Waals surface area contributed by atoms with Crippen molar-refractivity contribution in [2.24, 2.45) is 7.05 Å². The molecule has 0 aliphatic rings. The third-order valence-electron chi connectivity index (χ3n) is 2.32. The molecule has 0 saturated heterocycles. The molecule has 2 rings (SSSR count). The van der Waals surface area contributed by atoms with Crippen LogP contribution in [0, 0.1) is 0 Å². The molecule has 0 fully saturated rings. The summed E-state index contributed by atoms with van der Waals surface area (Å²) >= 11 is 5.66. The van der Waals surface area contributed by atoms with E-state index in [-0.39, 0.29) is 16.8 Å². The number of nitrogens with zero attached hydrogens (tertiary/aromatic N) is 3. The number of aryl methyl sites for hydroxylation is 1. The van der Waals surface area contributed by atoms with Crippen molar-refractivity contribution in [1.29, 1.82) is 0 Å². The van der Waals surface area contributed by atoms with Crippen molar-refractivity contribution in [3.05, 3.63) is 47.3 Å². The number of carbonyl (C=O) groups excluding carboxylic acids is 1. The van der Waals surface area contributed by atoms with Crippen molar-refractivity contribution >= 4 is 17.5 Å². The van der Waals surface area contributed by atoms with Crippen LogP contribution in [-0.4, -0.2) is 20.4 Å². The molecule has 0 spiro atoms. The van der Waals surface area contributed by atoms with Gasteiger partial charge in [0.1, 0.15) is 10.8 Å². The Bertz CT molecular complexity index is 538. The van der Waals surface area contributed by atoms with Crippen LogP contribution in [0.5, 0.6) is 0 Å². The fourth-order valence-corrected chi connectivity index (χ4v) is 1.54. The Balaban J connectivity index is 2.01. The highest BCUT2D eigenvalue weighted by Crippen LogP contribution is 2.03. The molecule has 0 radical (unpaired) electrons. The number of hydrogen-bond donors (Lipinski definition) is 1. The molecule has 0 aliphatic carbocycles. The molecule has 0 aromatic carbocycles. The van der Waals surface area contributed by atoms with Crippen LogP contribution in [-0.2, 0) is 13.6 Å². The maximum atomic E-state index is 11.7. The van der Waals surface area contributed by atoms with Crippen LogP contribution in [0.4, 0.5) is 0 Å². The summed E-state index contributed by atoms with van der Waals surface area (Å²) in [5, 5.41) is 2.95. The molecule has 88 valence electrons. The maximum absolute atomic E-state index is 11.7. The van der Waals surface area contributed by atoms with E-state index in [1.54, 1.807) is 0 Å². The largest absolute Gasteiger partial charge is 0.353 e. The first-order valence-electron chi connectivity index (χ1n) is 5.03. The molecular formula is C11H11ClN4O. The lowest BCUT2D eigenvalue weighted by Crippen LogP contribution is -2.24. The van der Waals surface area contributed by atoms with Gasteiger partial charge in [-0.25, -0.2) is 4.98 Å². The molecule has 0 unspecified atom stereocenters. The fraction of sp³-hybridized carbons (Fsp3) is 0.182. The van der Waals surface area contributed by atoms with E-state index < -0.39 is 0 Å². The summed E-state index contributed by atoms with van der Waals surface area (Å²) in [6, 6.07) is 3.85. The average Bonchev–Trinajstić information content (AvgIpc) is 2.72. The average molecular weight is 251 g/mol. The first-order valence-corrected chi connectivity index (χ1v) is 5.40. The van der Waals surface area contributed by atoms with Gasteiger partial charge in [0.05, 0.1) is 18.9 Å². The Morgan fingerprint density at radius 3 is 3.00 bits per heavy atom. The molecule has 1 amide bonds. The van der Waals surface area contributed by atoms with Gasteiger partial charge in [-0.2, -0.15) is 0 Å². The smallest absolute Gasteiger partial charge is 0.271 e. The van der Waals surface area contributed by atoms with E-state index in [0.717, 1.165) is 5.69 Å². The molecule has 2 aromatic heterocycles. The zero-order chi connectivity index (χ0) is 12.3. The number of hydrogen-bond acceptors (Lipinski definition) is 3. The van der Waals surface area contributed by atoms with Crippen LogP contribution in [0.2, 0.25) is 5.15 Å². The first kappa shape index (κ1) is 11.6. The Hall–Kier alpha value is -1.88. The normalized spacial score (nSPS) is 10.2. The first-order chi connectivity index (χ1) is 8.16. The van der Waals surface area contributed by atoms with Crippen molar-refractivity contribution in [3.8, 4) is 0 Å². The van der Waals surface area contributed by atoms with E-state index in [2.05, 4.69) is 15.3 Å². The van der Waals surface area contributed by atoms with Crippen LogP contribution >= 0.6 is 11.6 Å². The minimum Gasteiger partial charge on any atom is -0.353 e. The predicted octanol–water partition coefficient (Wildman–Crippen LogP) is 1.40. The molecule has 17 heavy (non-hydrogen) atoms. The Labute approximate surface area is 103 Å². The van der Waals surface area contributed by atoms with E-state index in [4.69, 9.17) is 11.6 Å². The van der Waals surface area contributed by atoms with E-state index in [0.29, 0.717) is 6.54 Å². The molecule has 5 nitrogen and oxygen atoms in total. The summed E-state index contributed by atoms with van der Waals surface area (Å²) in [4.78, 5) is 19.4. The molecule has 6 heteroatoms. The van der Waals surface area contributed by atoms with Crippen LogP contribution in [0.1, 0.15) is 16.2 Å². The number of halogens is 1. The highest BCUT2D eigenvalue weighted by molar-refractivity contribution is 6.29. The lowest BCUT2D eigenvalue weighted by atomic mass is 10.4. The summed E-state index contributed by atoms with van der Waals surface area (Å²) < 4.78 is 1.93. The minimum absolute atomic E-state index is 0.205. The summed E-state index contributed by atoms with van der Waals surface area (Å²) in [5.41, 5.74) is 1.22. The molecular weight excluding hydrogens is 240 g/mol. The lowest BCUT2D eigenvalue weighted by molar-refractivity contribution is 0.0944. The molecule has 1 N–H and O–H groups in total. The number of amides is 1. The van der Waals surface area contributed by atoms with Crippen molar-refractivity contribution in [3.63, 3.8) is 0 Å². The molecule has 0 saturated carbocycles. The predicted molar refractivity (Wildman–Crippen MR) is 63.6 cm³/mol. The summed E-state index contributed by atoms with van der Waals surface area (Å²) in [5.74, 6) is -0.291. The van der Waals surface area contributed by atoms with Gasteiger partial charge in [0.15, 0.2) is 0 Å². The second-order valence-electron chi connectivity index (χ2n) is 3.52. The van der Waals surface area contributed by atoms with Gasteiger partial charge in [0, 0.05) is 18.9 Å². The van der Waals surface area contributed by atoms with Gasteiger partial charge in [-0.1, -0.05) is 11.6 Å². The van der Waals surface area contributed by atoms with Gasteiger partial charge in [0.2, 0.25) is 0 Å². The van der Waals surface area contributed by atoms with Gasteiger partial charge in [0.25, 0.3) is 5.91 Å². The number of rotatable bonds is 3. The summed E-state index contributed by atoms with van der Waals surface area (Å²) in [6.45, 7) is 0.441. The third-order valence-corrected chi connectivity index (χ3v) is 2.50. The SMILES string of the molecule is Cn1cccc1CNC(=O)c1cncc(Cl)n1. The maximum Gasteiger partial charge on any atom is 0.271 e. The zero-order valence-electron chi connectivity index (χ0n) is 9.22. The van der Waals surface area contributed by atoms with Crippen LogP contribution in [0.25, 0.3) is 0 Å². The molecule has 0 aliphatic heterocycles. The molecule has 2 heterocycles. The van der Waals surface area contributed by atoms with Crippen molar-refractivity contribution < 1.29 is 4.79 Å². The lowest BCUT2D eigenvalue weighted by Gasteiger charge is -2.05. The highest BCUT2D eigenvalue weighted by Gasteiger charge is 2.08. The van der Waals surface area contributed by atoms with Gasteiger partial charge in [-0.05, 0) is 12.1 Å². The van der Waals surface area contributed by atoms with E-state index >= 15 is 0 Å². The summed E-state index contributed by atoms with van der Waals surface area (Å²) in [7, 11) is 1.92. The zero-order valence-corrected chi connectivity index (χ0v) is 9.98. The number of aromatic nitrogens is 3. The topological polar surface area (TPSA) is 59.8 Å². The standard InChI is InChI=1S/C11H11ClN4O/c1-16-4-2-3-8(16)5-14-11(17)9-6-13-7-10(12)15-9/h2-4,6-7H,5H2,1H3,(H,14,17). The summed E-state index contributed by atoms with van der Waals surface area (Å²) in [6.07, 6.45) is 4.68. The van der Waals surface area contributed by atoms with Gasteiger partial charge in [-0.15, -0.1) is 0 Å². The van der Waals surface area contributed by atoms with Gasteiger partial charge >= 0.3 is 0 Å². The van der Waals surface area contributed by atoms with Crippen LogP contribution < -0.4 is 5.32 Å². The second-order valence-corrected chi connectivity index (χ2v) is 3.91. The monoisotopic (exact) mass is 250 g/mol. The molecule has 0 atom stereocenters. The molecule has 2 aromatic rings.